The maximum Gasteiger partial charge on any atom is 0.241 e. The molecule has 1 N–H and O–H groups in total. The van der Waals surface area contributed by atoms with Gasteiger partial charge in [0.15, 0.2) is 0 Å². The number of β-amino-alcohol motifs (C(OH)–C–C–N with tert-alkyl or cyclic N) is 1. The maximum atomic E-state index is 9.76. The largest absolute Gasteiger partial charge is 0.392 e. The zero-order valence-corrected chi connectivity index (χ0v) is 14.7. The van der Waals surface area contributed by atoms with Crippen LogP contribution >= 0.6 is 0 Å². The van der Waals surface area contributed by atoms with E-state index in [4.69, 9.17) is 4.52 Å². The number of benzene rings is 1. The summed E-state index contributed by atoms with van der Waals surface area (Å²) in [6, 6.07) is 9.81. The SMILES string of the molecule is Cc1nccc(-c2ccc(-c3noc(CN4CCC[C@H](O)C4)n3)cc2)n1. The first-order valence-corrected chi connectivity index (χ1v) is 8.81. The third-order valence-corrected chi connectivity index (χ3v) is 4.52. The van der Waals surface area contributed by atoms with E-state index >= 15 is 0 Å². The Hall–Kier alpha value is -2.64. The molecular weight excluding hydrogens is 330 g/mol. The lowest BCUT2D eigenvalue weighted by atomic mass is 10.1. The Labute approximate surface area is 151 Å². The fraction of sp³-hybridized carbons (Fsp3) is 0.368. The van der Waals surface area contributed by atoms with Gasteiger partial charge >= 0.3 is 0 Å². The Morgan fingerprint density at radius 3 is 2.73 bits per heavy atom. The smallest absolute Gasteiger partial charge is 0.241 e. The van der Waals surface area contributed by atoms with Gasteiger partial charge in [-0.1, -0.05) is 29.4 Å². The summed E-state index contributed by atoms with van der Waals surface area (Å²) in [7, 11) is 0. The number of aryl methyl sites for hydroxylation is 1. The number of likely N-dealkylation sites (tertiary alicyclic amines) is 1. The zero-order chi connectivity index (χ0) is 17.9. The first-order valence-electron chi connectivity index (χ1n) is 8.81. The van der Waals surface area contributed by atoms with Gasteiger partial charge in [0.1, 0.15) is 5.82 Å². The Kier molecular flexibility index (Phi) is 4.73. The van der Waals surface area contributed by atoms with Crippen molar-refractivity contribution in [3.05, 3.63) is 48.2 Å². The number of aliphatic hydroxyl groups excluding tert-OH is 1. The van der Waals surface area contributed by atoms with Crippen molar-refractivity contribution in [2.75, 3.05) is 13.1 Å². The molecule has 0 saturated carbocycles. The molecule has 1 aliphatic rings. The molecule has 2 aromatic heterocycles. The molecule has 0 radical (unpaired) electrons. The van der Waals surface area contributed by atoms with E-state index in [2.05, 4.69) is 25.0 Å². The molecule has 1 atom stereocenters. The van der Waals surface area contributed by atoms with E-state index < -0.39 is 0 Å². The van der Waals surface area contributed by atoms with Gasteiger partial charge in [0, 0.05) is 23.9 Å². The van der Waals surface area contributed by atoms with E-state index in [0.29, 0.717) is 24.8 Å². The Morgan fingerprint density at radius 2 is 1.96 bits per heavy atom. The van der Waals surface area contributed by atoms with E-state index in [1.807, 2.05) is 37.3 Å². The van der Waals surface area contributed by atoms with Crippen molar-refractivity contribution in [2.24, 2.45) is 0 Å². The van der Waals surface area contributed by atoms with Crippen LogP contribution in [0.4, 0.5) is 0 Å². The predicted octanol–water partition coefficient (Wildman–Crippen LogP) is 2.46. The van der Waals surface area contributed by atoms with E-state index in [0.717, 1.165) is 42.0 Å². The van der Waals surface area contributed by atoms with Crippen molar-refractivity contribution in [2.45, 2.75) is 32.4 Å². The Bertz CT molecular complexity index is 878. The highest BCUT2D eigenvalue weighted by molar-refractivity contribution is 5.64. The highest BCUT2D eigenvalue weighted by atomic mass is 16.5. The lowest BCUT2D eigenvalue weighted by molar-refractivity contribution is 0.0613. The van der Waals surface area contributed by atoms with Gasteiger partial charge in [0.2, 0.25) is 11.7 Å². The number of aliphatic hydroxyl groups is 1. The van der Waals surface area contributed by atoms with Gasteiger partial charge in [-0.2, -0.15) is 4.98 Å². The molecule has 134 valence electrons. The summed E-state index contributed by atoms with van der Waals surface area (Å²) in [6.07, 6.45) is 3.36. The van der Waals surface area contributed by atoms with Crippen molar-refractivity contribution in [3.63, 3.8) is 0 Å². The molecule has 4 rings (SSSR count). The van der Waals surface area contributed by atoms with Crippen LogP contribution in [0.15, 0.2) is 41.1 Å². The average Bonchev–Trinajstić information content (AvgIpc) is 3.10. The van der Waals surface area contributed by atoms with Crippen molar-refractivity contribution in [1.82, 2.24) is 25.0 Å². The summed E-state index contributed by atoms with van der Waals surface area (Å²) >= 11 is 0. The fourth-order valence-electron chi connectivity index (χ4n) is 3.21. The van der Waals surface area contributed by atoms with Gasteiger partial charge < -0.3 is 9.63 Å². The minimum Gasteiger partial charge on any atom is -0.392 e. The lowest BCUT2D eigenvalue weighted by Crippen LogP contribution is -2.37. The van der Waals surface area contributed by atoms with Gasteiger partial charge in [-0.3, -0.25) is 4.90 Å². The molecule has 1 aromatic carbocycles. The molecule has 0 aliphatic carbocycles. The van der Waals surface area contributed by atoms with Crippen molar-refractivity contribution in [3.8, 4) is 22.6 Å². The summed E-state index contributed by atoms with van der Waals surface area (Å²) in [4.78, 5) is 15.2. The maximum absolute atomic E-state index is 9.76. The van der Waals surface area contributed by atoms with Crippen LogP contribution in [0.3, 0.4) is 0 Å². The summed E-state index contributed by atoms with van der Waals surface area (Å²) < 4.78 is 5.38. The molecule has 7 nitrogen and oxygen atoms in total. The van der Waals surface area contributed by atoms with Crippen LogP contribution in [-0.4, -0.2) is 49.3 Å². The second kappa shape index (κ2) is 7.31. The summed E-state index contributed by atoms with van der Waals surface area (Å²) in [5, 5.41) is 13.8. The van der Waals surface area contributed by atoms with Crippen LogP contribution in [0.2, 0.25) is 0 Å². The molecule has 0 bridgehead atoms. The molecule has 1 aliphatic heterocycles. The van der Waals surface area contributed by atoms with Crippen LogP contribution < -0.4 is 0 Å². The average molecular weight is 351 g/mol. The molecule has 3 heterocycles. The first-order chi connectivity index (χ1) is 12.7. The Balaban J connectivity index is 1.47. The van der Waals surface area contributed by atoms with E-state index in [1.165, 1.54) is 0 Å². The number of aromatic nitrogens is 4. The van der Waals surface area contributed by atoms with Gasteiger partial charge in [-0.25, -0.2) is 9.97 Å². The van der Waals surface area contributed by atoms with Gasteiger partial charge in [0.25, 0.3) is 0 Å². The Morgan fingerprint density at radius 1 is 1.15 bits per heavy atom. The van der Waals surface area contributed by atoms with E-state index in [-0.39, 0.29) is 6.10 Å². The standard InChI is InChI=1S/C19H21N5O2/c1-13-20-9-8-17(21-13)14-4-6-15(7-5-14)19-22-18(26-23-19)12-24-10-2-3-16(25)11-24/h4-9,16,25H,2-3,10-12H2,1H3/t16-/m0/s1. The topological polar surface area (TPSA) is 88.2 Å². The highest BCUT2D eigenvalue weighted by Crippen LogP contribution is 2.22. The molecular formula is C19H21N5O2. The predicted molar refractivity (Wildman–Crippen MR) is 96.0 cm³/mol. The van der Waals surface area contributed by atoms with Crippen LogP contribution in [0.5, 0.6) is 0 Å². The molecule has 1 fully saturated rings. The number of hydrogen-bond donors (Lipinski definition) is 1. The van der Waals surface area contributed by atoms with Crippen LogP contribution in [0, 0.1) is 6.92 Å². The van der Waals surface area contributed by atoms with Gasteiger partial charge in [0.05, 0.1) is 18.3 Å². The molecule has 3 aromatic rings. The molecule has 7 heteroatoms. The van der Waals surface area contributed by atoms with Crippen LogP contribution in [-0.2, 0) is 6.54 Å². The summed E-state index contributed by atoms with van der Waals surface area (Å²) in [5.41, 5.74) is 2.81. The van der Waals surface area contributed by atoms with Crippen molar-refractivity contribution in [1.29, 1.82) is 0 Å². The van der Waals surface area contributed by atoms with Crippen LogP contribution in [0.25, 0.3) is 22.6 Å². The number of hydrogen-bond acceptors (Lipinski definition) is 7. The van der Waals surface area contributed by atoms with Gasteiger partial charge in [-0.05, 0) is 32.4 Å². The highest BCUT2D eigenvalue weighted by Gasteiger charge is 2.20. The normalized spacial score (nSPS) is 18.2. The number of nitrogens with zero attached hydrogens (tertiary/aromatic N) is 5. The minimum absolute atomic E-state index is 0.260. The third-order valence-electron chi connectivity index (χ3n) is 4.52. The van der Waals surface area contributed by atoms with E-state index in [1.54, 1.807) is 6.20 Å². The summed E-state index contributed by atoms with van der Waals surface area (Å²) in [6.45, 7) is 4.05. The quantitative estimate of drug-likeness (QED) is 0.772. The van der Waals surface area contributed by atoms with E-state index in [9.17, 15) is 5.11 Å². The van der Waals surface area contributed by atoms with Crippen molar-refractivity contribution >= 4 is 0 Å². The number of piperidine rings is 1. The van der Waals surface area contributed by atoms with Crippen LogP contribution in [0.1, 0.15) is 24.6 Å². The fourth-order valence-corrected chi connectivity index (χ4v) is 3.21. The van der Waals surface area contributed by atoms with Crippen molar-refractivity contribution < 1.29 is 9.63 Å². The lowest BCUT2D eigenvalue weighted by Gasteiger charge is -2.28. The molecule has 0 spiro atoms. The molecule has 1 saturated heterocycles. The first kappa shape index (κ1) is 16.8. The zero-order valence-electron chi connectivity index (χ0n) is 14.7. The minimum atomic E-state index is -0.260. The monoisotopic (exact) mass is 351 g/mol. The number of rotatable bonds is 4. The molecule has 0 unspecified atom stereocenters. The van der Waals surface area contributed by atoms with Gasteiger partial charge in [-0.15, -0.1) is 0 Å². The summed E-state index contributed by atoms with van der Waals surface area (Å²) in [5.74, 6) is 1.89. The molecule has 0 amide bonds. The molecule has 26 heavy (non-hydrogen) atoms. The second-order valence-electron chi connectivity index (χ2n) is 6.61. The second-order valence-corrected chi connectivity index (χ2v) is 6.61. The third kappa shape index (κ3) is 3.79.